The van der Waals surface area contributed by atoms with Crippen LogP contribution in [-0.4, -0.2) is 68.1 Å². The maximum Gasteiger partial charge on any atom is 0.274 e. The van der Waals surface area contributed by atoms with E-state index in [1.807, 2.05) is 14.1 Å². The second kappa shape index (κ2) is 9.20. The lowest BCUT2D eigenvalue weighted by Crippen LogP contribution is -2.36. The summed E-state index contributed by atoms with van der Waals surface area (Å²) in [7, 11) is 5.60. The lowest BCUT2D eigenvalue weighted by atomic mass is 10.2. The molecule has 0 saturated carbocycles. The monoisotopic (exact) mass is 333 g/mol. The van der Waals surface area contributed by atoms with Crippen molar-refractivity contribution in [2.75, 3.05) is 47.4 Å². The van der Waals surface area contributed by atoms with Gasteiger partial charge in [0.2, 0.25) is 0 Å². The third-order valence-corrected chi connectivity index (χ3v) is 3.42. The van der Waals surface area contributed by atoms with Gasteiger partial charge in [-0.2, -0.15) is 0 Å². The lowest BCUT2D eigenvalue weighted by molar-refractivity contribution is 0.0684. The van der Waals surface area contributed by atoms with Crippen LogP contribution < -0.4 is 0 Å². The molecule has 0 spiro atoms. The minimum atomic E-state index is -0.224. The van der Waals surface area contributed by atoms with Crippen molar-refractivity contribution < 1.29 is 9.53 Å². The van der Waals surface area contributed by atoms with E-state index in [0.717, 1.165) is 13.0 Å². The highest BCUT2D eigenvalue weighted by Gasteiger charge is 2.20. The molecule has 0 aromatic carbocycles. The molecule has 1 heterocycles. The zero-order valence-corrected chi connectivity index (χ0v) is 14.1. The van der Waals surface area contributed by atoms with Crippen LogP contribution in [0.15, 0.2) is 12.1 Å². The SMILES string of the molecule is COCCN(CCCN(C)C)C(=O)c1nc(Cl)ccc1Cl. The quantitative estimate of drug-likeness (QED) is 0.685. The Morgan fingerprint density at radius 1 is 1.24 bits per heavy atom. The highest BCUT2D eigenvalue weighted by Crippen LogP contribution is 2.18. The fourth-order valence-electron chi connectivity index (χ4n) is 1.81. The Bertz CT molecular complexity index is 470. The molecule has 0 saturated heterocycles. The number of ether oxygens (including phenoxy) is 1. The Morgan fingerprint density at radius 3 is 2.57 bits per heavy atom. The van der Waals surface area contributed by atoms with Crippen LogP contribution in [0.2, 0.25) is 10.2 Å². The standard InChI is InChI=1S/C14H21Cl2N3O2/c1-18(2)7-4-8-19(9-10-21-3)14(20)13-11(15)5-6-12(16)17-13/h5-6H,4,7-10H2,1-3H3. The van der Waals surface area contributed by atoms with Crippen LogP contribution in [-0.2, 0) is 4.74 Å². The van der Waals surface area contributed by atoms with Gasteiger partial charge >= 0.3 is 0 Å². The molecule has 0 aliphatic rings. The van der Waals surface area contributed by atoms with E-state index < -0.39 is 0 Å². The zero-order chi connectivity index (χ0) is 15.8. The van der Waals surface area contributed by atoms with Gasteiger partial charge in [-0.05, 0) is 39.2 Å². The normalized spacial score (nSPS) is 11.0. The molecule has 21 heavy (non-hydrogen) atoms. The van der Waals surface area contributed by atoms with Gasteiger partial charge in [-0.25, -0.2) is 4.98 Å². The molecule has 0 bridgehead atoms. The minimum Gasteiger partial charge on any atom is -0.383 e. The third-order valence-electron chi connectivity index (χ3n) is 2.90. The number of rotatable bonds is 8. The molecule has 1 amide bonds. The number of aromatic nitrogens is 1. The molecular weight excluding hydrogens is 313 g/mol. The first-order valence-corrected chi connectivity index (χ1v) is 7.46. The Labute approximate surface area is 135 Å². The lowest BCUT2D eigenvalue weighted by Gasteiger charge is -2.23. The van der Waals surface area contributed by atoms with Crippen LogP contribution in [0, 0.1) is 0 Å². The highest BCUT2D eigenvalue weighted by molar-refractivity contribution is 6.34. The average molecular weight is 334 g/mol. The second-order valence-electron chi connectivity index (χ2n) is 4.91. The van der Waals surface area contributed by atoms with Gasteiger partial charge in [0, 0.05) is 20.2 Å². The van der Waals surface area contributed by atoms with Crippen LogP contribution in [0.5, 0.6) is 0 Å². The third kappa shape index (κ3) is 6.18. The van der Waals surface area contributed by atoms with Crippen LogP contribution in [0.25, 0.3) is 0 Å². The summed E-state index contributed by atoms with van der Waals surface area (Å²) in [5.74, 6) is -0.224. The number of carbonyl (C=O) groups excluding carboxylic acids is 1. The van der Waals surface area contributed by atoms with Gasteiger partial charge in [-0.3, -0.25) is 4.79 Å². The summed E-state index contributed by atoms with van der Waals surface area (Å²) in [5, 5.41) is 0.558. The number of pyridine rings is 1. The molecule has 0 atom stereocenters. The zero-order valence-electron chi connectivity index (χ0n) is 12.6. The van der Waals surface area contributed by atoms with E-state index in [4.69, 9.17) is 27.9 Å². The molecule has 0 radical (unpaired) electrons. The maximum absolute atomic E-state index is 12.6. The van der Waals surface area contributed by atoms with Gasteiger partial charge in [-0.15, -0.1) is 0 Å². The van der Waals surface area contributed by atoms with E-state index in [0.29, 0.717) is 24.7 Å². The average Bonchev–Trinajstić information content (AvgIpc) is 2.44. The first-order chi connectivity index (χ1) is 9.95. The van der Waals surface area contributed by atoms with Crippen molar-refractivity contribution in [3.63, 3.8) is 0 Å². The molecule has 1 rings (SSSR count). The van der Waals surface area contributed by atoms with Gasteiger partial charge in [0.25, 0.3) is 5.91 Å². The van der Waals surface area contributed by atoms with Crippen molar-refractivity contribution >= 4 is 29.1 Å². The number of amides is 1. The van der Waals surface area contributed by atoms with Crippen molar-refractivity contribution in [2.24, 2.45) is 0 Å². The van der Waals surface area contributed by atoms with Crippen LogP contribution in [0.3, 0.4) is 0 Å². The molecule has 5 nitrogen and oxygen atoms in total. The summed E-state index contributed by atoms with van der Waals surface area (Å²) in [6.07, 6.45) is 0.862. The fourth-order valence-corrected chi connectivity index (χ4v) is 2.15. The summed E-state index contributed by atoms with van der Waals surface area (Å²) >= 11 is 11.9. The Balaban J connectivity index is 2.80. The number of hydrogen-bond donors (Lipinski definition) is 0. The minimum absolute atomic E-state index is 0.185. The summed E-state index contributed by atoms with van der Waals surface area (Å²) in [6, 6.07) is 3.14. The van der Waals surface area contributed by atoms with Gasteiger partial charge in [0.15, 0.2) is 0 Å². The molecular formula is C14H21Cl2N3O2. The van der Waals surface area contributed by atoms with Crippen LogP contribution >= 0.6 is 23.2 Å². The van der Waals surface area contributed by atoms with Gasteiger partial charge in [0.05, 0.1) is 11.6 Å². The fraction of sp³-hybridized carbons (Fsp3) is 0.571. The number of methoxy groups -OCH3 is 1. The van der Waals surface area contributed by atoms with Crippen molar-refractivity contribution in [1.82, 2.24) is 14.8 Å². The van der Waals surface area contributed by atoms with E-state index in [1.54, 1.807) is 24.1 Å². The second-order valence-corrected chi connectivity index (χ2v) is 5.70. The summed E-state index contributed by atoms with van der Waals surface area (Å²) in [5.41, 5.74) is 0.185. The number of carbonyl (C=O) groups is 1. The van der Waals surface area contributed by atoms with E-state index >= 15 is 0 Å². The molecule has 1 aromatic rings. The molecule has 0 unspecified atom stereocenters. The first-order valence-electron chi connectivity index (χ1n) is 6.70. The first kappa shape index (κ1) is 18.2. The smallest absolute Gasteiger partial charge is 0.274 e. The Kier molecular flexibility index (Phi) is 7.96. The molecule has 1 aromatic heterocycles. The van der Waals surface area contributed by atoms with E-state index in [2.05, 4.69) is 9.88 Å². The van der Waals surface area contributed by atoms with Crippen molar-refractivity contribution in [1.29, 1.82) is 0 Å². The van der Waals surface area contributed by atoms with Crippen molar-refractivity contribution in [3.05, 3.63) is 28.0 Å². The highest BCUT2D eigenvalue weighted by atomic mass is 35.5. The Morgan fingerprint density at radius 2 is 1.95 bits per heavy atom. The van der Waals surface area contributed by atoms with E-state index in [9.17, 15) is 4.79 Å². The van der Waals surface area contributed by atoms with E-state index in [1.165, 1.54) is 0 Å². The molecule has 7 heteroatoms. The summed E-state index contributed by atoms with van der Waals surface area (Å²) in [6.45, 7) is 2.47. The molecule has 0 aliphatic carbocycles. The van der Waals surface area contributed by atoms with E-state index in [-0.39, 0.29) is 16.8 Å². The topological polar surface area (TPSA) is 45.7 Å². The van der Waals surface area contributed by atoms with Gasteiger partial charge in [-0.1, -0.05) is 23.2 Å². The molecule has 118 valence electrons. The Hall–Kier alpha value is -0.880. The number of nitrogens with zero attached hydrogens (tertiary/aromatic N) is 3. The molecule has 0 fully saturated rings. The predicted octanol–water partition coefficient (Wildman–Crippen LogP) is 2.43. The van der Waals surface area contributed by atoms with Crippen molar-refractivity contribution in [3.8, 4) is 0 Å². The number of hydrogen-bond acceptors (Lipinski definition) is 4. The largest absolute Gasteiger partial charge is 0.383 e. The number of halogens is 2. The molecule has 0 aliphatic heterocycles. The van der Waals surface area contributed by atoms with Gasteiger partial charge < -0.3 is 14.5 Å². The predicted molar refractivity (Wildman–Crippen MR) is 85.2 cm³/mol. The summed E-state index contributed by atoms with van der Waals surface area (Å²) in [4.78, 5) is 20.4. The van der Waals surface area contributed by atoms with Gasteiger partial charge in [0.1, 0.15) is 10.8 Å². The van der Waals surface area contributed by atoms with Crippen LogP contribution in [0.1, 0.15) is 16.9 Å². The van der Waals surface area contributed by atoms with Crippen LogP contribution in [0.4, 0.5) is 0 Å². The summed E-state index contributed by atoms with van der Waals surface area (Å²) < 4.78 is 5.06. The molecule has 0 N–H and O–H groups in total. The maximum atomic E-state index is 12.6. The van der Waals surface area contributed by atoms with Crippen molar-refractivity contribution in [2.45, 2.75) is 6.42 Å².